The van der Waals surface area contributed by atoms with E-state index in [1.807, 2.05) is 27.2 Å². The molecule has 0 fully saturated rings. The molecule has 0 aromatic heterocycles. The molecule has 0 aliphatic rings. The van der Waals surface area contributed by atoms with Crippen LogP contribution in [0.3, 0.4) is 0 Å². The number of carbonyl (C=O) groups excluding carboxylic acids is 2. The van der Waals surface area contributed by atoms with Gasteiger partial charge in [-0.3, -0.25) is 14.2 Å². The molecule has 340 valence electrons. The van der Waals surface area contributed by atoms with E-state index in [1.54, 1.807) is 0 Å². The summed E-state index contributed by atoms with van der Waals surface area (Å²) in [5.41, 5.74) is 0. The average Bonchev–Trinajstić information content (AvgIpc) is 3.20. The Morgan fingerprint density at radius 2 is 0.967 bits per heavy atom. The molecule has 0 saturated heterocycles. The number of nitrogens with zero attached hydrogens (tertiary/aromatic N) is 1. The van der Waals surface area contributed by atoms with E-state index >= 15 is 0 Å². The number of carbonyl (C=O) groups is 2. The first-order valence-corrected chi connectivity index (χ1v) is 24.1. The van der Waals surface area contributed by atoms with Crippen molar-refractivity contribution in [2.45, 2.75) is 148 Å². The van der Waals surface area contributed by atoms with Crippen LogP contribution in [-0.2, 0) is 32.7 Å². The number of ether oxygens (including phenoxy) is 2. The molecule has 0 aliphatic heterocycles. The highest BCUT2D eigenvalue weighted by molar-refractivity contribution is 7.45. The number of hydrogen-bond acceptors (Lipinski definition) is 8. The number of phosphoric ester groups is 1. The van der Waals surface area contributed by atoms with Gasteiger partial charge in [0.25, 0.3) is 7.82 Å². The molecule has 0 aliphatic carbocycles. The van der Waals surface area contributed by atoms with Crippen LogP contribution < -0.4 is 4.89 Å². The van der Waals surface area contributed by atoms with Gasteiger partial charge in [-0.2, -0.15) is 0 Å². The first kappa shape index (κ1) is 56.7. The number of likely N-dealkylation sites (N-methyl/N-ethyl adjacent to an activating group) is 1. The minimum absolute atomic E-state index is 0.0529. The first-order chi connectivity index (χ1) is 29.0. The van der Waals surface area contributed by atoms with Gasteiger partial charge >= 0.3 is 11.9 Å². The van der Waals surface area contributed by atoms with Crippen LogP contribution in [0.5, 0.6) is 0 Å². The predicted molar refractivity (Wildman–Crippen MR) is 249 cm³/mol. The number of phosphoric acid groups is 1. The Morgan fingerprint density at radius 1 is 0.533 bits per heavy atom. The third kappa shape index (κ3) is 44.2. The molecule has 0 aromatic carbocycles. The quantitative estimate of drug-likeness (QED) is 0.0198. The van der Waals surface area contributed by atoms with Gasteiger partial charge in [0.2, 0.25) is 0 Å². The molecule has 0 heterocycles. The Morgan fingerprint density at radius 3 is 1.43 bits per heavy atom. The minimum Gasteiger partial charge on any atom is -0.756 e. The molecule has 0 N–H and O–H groups in total. The van der Waals surface area contributed by atoms with Crippen LogP contribution >= 0.6 is 7.82 Å². The van der Waals surface area contributed by atoms with E-state index in [4.69, 9.17) is 18.5 Å². The van der Waals surface area contributed by atoms with Crippen molar-refractivity contribution < 1.29 is 42.1 Å². The van der Waals surface area contributed by atoms with Gasteiger partial charge in [-0.15, -0.1) is 0 Å². The standard InChI is InChI=1S/C50H82NO8P/c1-6-8-10-12-14-16-18-20-22-24-25-27-29-31-33-35-37-39-41-43-50(53)59-48(47-58-60(54,55)57-45-44-51(3,4)5)46-56-49(52)42-40-38-36-34-32-30-28-26-23-21-19-17-15-13-11-9-7-2/h9,11,14-17,20-23,25,27-28,30-31,33-34,36,48H,6-8,10,12-13,18-19,24,26,29,32,35,37-47H2,1-5H3/b11-9-,16-14-,17-15-,22-20-,23-21-,27-25-,30-28-,33-31-,36-34-/t48-/m1/s1. The van der Waals surface area contributed by atoms with Crippen LogP contribution in [0.15, 0.2) is 109 Å². The zero-order valence-corrected chi connectivity index (χ0v) is 39.0. The van der Waals surface area contributed by atoms with Crippen molar-refractivity contribution >= 4 is 19.8 Å². The van der Waals surface area contributed by atoms with Crippen molar-refractivity contribution in [3.8, 4) is 0 Å². The minimum atomic E-state index is -4.66. The molecule has 9 nitrogen and oxygen atoms in total. The van der Waals surface area contributed by atoms with Gasteiger partial charge in [-0.25, -0.2) is 0 Å². The number of rotatable bonds is 39. The monoisotopic (exact) mass is 856 g/mol. The first-order valence-electron chi connectivity index (χ1n) is 22.6. The lowest BCUT2D eigenvalue weighted by atomic mass is 10.1. The summed E-state index contributed by atoms with van der Waals surface area (Å²) in [5, 5.41) is 0. The number of hydrogen-bond donors (Lipinski definition) is 0. The predicted octanol–water partition coefficient (Wildman–Crippen LogP) is 12.5. The van der Waals surface area contributed by atoms with Gasteiger partial charge in [-0.1, -0.05) is 142 Å². The molecule has 0 rings (SSSR count). The zero-order valence-electron chi connectivity index (χ0n) is 38.1. The molecule has 2 atom stereocenters. The van der Waals surface area contributed by atoms with Crippen molar-refractivity contribution in [3.63, 3.8) is 0 Å². The number of esters is 2. The summed E-state index contributed by atoms with van der Waals surface area (Å²) in [6.07, 6.45) is 55.5. The topological polar surface area (TPSA) is 111 Å². The van der Waals surface area contributed by atoms with Crippen molar-refractivity contribution in [3.05, 3.63) is 109 Å². The molecular formula is C50H82NO8P. The molecule has 60 heavy (non-hydrogen) atoms. The van der Waals surface area contributed by atoms with E-state index in [9.17, 15) is 19.0 Å². The normalized spacial score (nSPS) is 14.6. The van der Waals surface area contributed by atoms with Crippen molar-refractivity contribution in [1.82, 2.24) is 0 Å². The molecule has 0 saturated carbocycles. The van der Waals surface area contributed by atoms with Gasteiger partial charge in [0.1, 0.15) is 19.8 Å². The summed E-state index contributed by atoms with van der Waals surface area (Å²) >= 11 is 0. The second-order valence-electron chi connectivity index (χ2n) is 15.7. The van der Waals surface area contributed by atoms with Gasteiger partial charge in [0, 0.05) is 12.8 Å². The summed E-state index contributed by atoms with van der Waals surface area (Å²) < 4.78 is 33.8. The van der Waals surface area contributed by atoms with Crippen LogP contribution in [0.2, 0.25) is 0 Å². The smallest absolute Gasteiger partial charge is 0.306 e. The van der Waals surface area contributed by atoms with E-state index in [1.165, 1.54) is 25.7 Å². The SMILES string of the molecule is CC/C=C\C/C=C\C/C=C\C/C=C\C/C=C\CCCC(=O)OC[C@H](COP(=O)([O-])OCC[N+](C)(C)C)OC(=O)CCCCC/C=C\C/C=C\C/C=C\C/C=C\CCCCC. The lowest BCUT2D eigenvalue weighted by Gasteiger charge is -2.28. The van der Waals surface area contributed by atoms with Gasteiger partial charge in [0.05, 0.1) is 27.7 Å². The van der Waals surface area contributed by atoms with Crippen LogP contribution in [0.4, 0.5) is 0 Å². The lowest BCUT2D eigenvalue weighted by Crippen LogP contribution is -2.37. The number of allylic oxidation sites excluding steroid dienone is 18. The molecule has 0 radical (unpaired) electrons. The van der Waals surface area contributed by atoms with Crippen LogP contribution in [0.25, 0.3) is 0 Å². The summed E-state index contributed by atoms with van der Waals surface area (Å²) in [4.78, 5) is 37.6. The van der Waals surface area contributed by atoms with E-state index in [0.717, 1.165) is 77.0 Å². The summed E-state index contributed by atoms with van der Waals surface area (Å²) in [7, 11) is 1.09. The Balaban J connectivity index is 4.53. The average molecular weight is 856 g/mol. The van der Waals surface area contributed by atoms with E-state index in [0.29, 0.717) is 23.9 Å². The highest BCUT2D eigenvalue weighted by Gasteiger charge is 2.21. The van der Waals surface area contributed by atoms with Crippen LogP contribution in [-0.4, -0.2) is 70.0 Å². The van der Waals surface area contributed by atoms with E-state index in [2.05, 4.69) is 117 Å². The molecule has 0 aromatic rings. The summed E-state index contributed by atoms with van der Waals surface area (Å²) in [5.74, 6) is -0.952. The van der Waals surface area contributed by atoms with Gasteiger partial charge in [-0.05, 0) is 96.3 Å². The Bertz CT molecular complexity index is 1380. The molecule has 10 heteroatoms. The van der Waals surface area contributed by atoms with Crippen molar-refractivity contribution in [1.29, 1.82) is 0 Å². The highest BCUT2D eigenvalue weighted by atomic mass is 31.2. The van der Waals surface area contributed by atoms with E-state index < -0.39 is 32.5 Å². The van der Waals surface area contributed by atoms with Crippen molar-refractivity contribution in [2.24, 2.45) is 0 Å². The third-order valence-electron chi connectivity index (χ3n) is 8.78. The maximum Gasteiger partial charge on any atom is 0.306 e. The Hall–Kier alpha value is -3.33. The zero-order chi connectivity index (χ0) is 44.3. The highest BCUT2D eigenvalue weighted by Crippen LogP contribution is 2.38. The molecule has 0 amide bonds. The summed E-state index contributed by atoms with van der Waals surface area (Å²) in [6, 6.07) is 0. The molecule has 0 spiro atoms. The molecule has 0 bridgehead atoms. The maximum absolute atomic E-state index is 12.7. The fourth-order valence-electron chi connectivity index (χ4n) is 5.26. The Labute approximate surface area is 366 Å². The Kier molecular flexibility index (Phi) is 38.8. The second kappa shape index (κ2) is 41.0. The maximum atomic E-state index is 12.7. The third-order valence-corrected chi connectivity index (χ3v) is 9.74. The fourth-order valence-corrected chi connectivity index (χ4v) is 5.99. The van der Waals surface area contributed by atoms with Crippen molar-refractivity contribution in [2.75, 3.05) is 47.5 Å². The molecular weight excluding hydrogens is 774 g/mol. The van der Waals surface area contributed by atoms with E-state index in [-0.39, 0.29) is 26.1 Å². The summed E-state index contributed by atoms with van der Waals surface area (Å²) in [6.45, 7) is 3.95. The fraction of sp³-hybridized carbons (Fsp3) is 0.600. The largest absolute Gasteiger partial charge is 0.756 e. The lowest BCUT2D eigenvalue weighted by molar-refractivity contribution is -0.870. The van der Waals surface area contributed by atoms with Crippen LogP contribution in [0.1, 0.15) is 142 Å². The number of quaternary nitrogens is 1. The number of unbranched alkanes of at least 4 members (excludes halogenated alkanes) is 7. The molecule has 1 unspecified atom stereocenters. The van der Waals surface area contributed by atoms with Gasteiger partial charge < -0.3 is 27.9 Å². The van der Waals surface area contributed by atoms with Crippen LogP contribution in [0, 0.1) is 0 Å². The second-order valence-corrected chi connectivity index (χ2v) is 17.1. The van der Waals surface area contributed by atoms with Gasteiger partial charge in [0.15, 0.2) is 6.10 Å².